The molecule has 0 aliphatic heterocycles. The first-order chi connectivity index (χ1) is 6.51. The quantitative estimate of drug-likeness (QED) is 0.793. The molecule has 0 aliphatic carbocycles. The lowest BCUT2D eigenvalue weighted by atomic mass is 10.3. The molecule has 0 saturated carbocycles. The van der Waals surface area contributed by atoms with Crippen LogP contribution >= 0.6 is 0 Å². The lowest BCUT2D eigenvalue weighted by Gasteiger charge is -2.04. The number of alkyl halides is 3. The van der Waals surface area contributed by atoms with Crippen LogP contribution in [0.15, 0.2) is 6.20 Å². The minimum absolute atomic E-state index is 0.193. The maximum absolute atomic E-state index is 11.8. The van der Waals surface area contributed by atoms with Crippen LogP contribution in [0.25, 0.3) is 0 Å². The van der Waals surface area contributed by atoms with E-state index in [1.54, 1.807) is 0 Å². The monoisotopic (exact) mass is 208 g/mol. The predicted octanol–water partition coefficient (Wildman–Crippen LogP) is 0.732. The first-order valence-corrected chi connectivity index (χ1v) is 4.17. The maximum atomic E-state index is 11.8. The smallest absolute Gasteiger partial charge is 0.330 e. The Bertz CT molecular complexity index is 281. The molecule has 0 aromatic carbocycles. The first-order valence-electron chi connectivity index (χ1n) is 4.17. The Kier molecular flexibility index (Phi) is 3.45. The Labute approximate surface area is 78.9 Å². The number of halogens is 3. The Morgan fingerprint density at radius 1 is 1.43 bits per heavy atom. The SMILES string of the molecule is NCCc1cn(CCC(F)(F)F)nn1. The van der Waals surface area contributed by atoms with E-state index < -0.39 is 12.6 Å². The molecule has 0 spiro atoms. The summed E-state index contributed by atoms with van der Waals surface area (Å²) in [6.07, 6.45) is -3.02. The Morgan fingerprint density at radius 3 is 2.71 bits per heavy atom. The Morgan fingerprint density at radius 2 is 2.14 bits per heavy atom. The van der Waals surface area contributed by atoms with Crippen molar-refractivity contribution in [3.8, 4) is 0 Å². The first kappa shape index (κ1) is 11.0. The second-order valence-electron chi connectivity index (χ2n) is 2.88. The average Bonchev–Trinajstić information content (AvgIpc) is 2.49. The van der Waals surface area contributed by atoms with Gasteiger partial charge in [0.2, 0.25) is 0 Å². The molecule has 2 N–H and O–H groups in total. The van der Waals surface area contributed by atoms with Gasteiger partial charge < -0.3 is 5.73 Å². The van der Waals surface area contributed by atoms with Gasteiger partial charge in [-0.2, -0.15) is 13.2 Å². The van der Waals surface area contributed by atoms with Gasteiger partial charge in [0, 0.05) is 12.6 Å². The fourth-order valence-corrected chi connectivity index (χ4v) is 0.952. The highest BCUT2D eigenvalue weighted by atomic mass is 19.4. The van der Waals surface area contributed by atoms with E-state index in [1.165, 1.54) is 10.9 Å². The van der Waals surface area contributed by atoms with E-state index in [9.17, 15) is 13.2 Å². The highest BCUT2D eigenvalue weighted by Gasteiger charge is 2.26. The summed E-state index contributed by atoms with van der Waals surface area (Å²) in [4.78, 5) is 0. The number of aromatic nitrogens is 3. The maximum Gasteiger partial charge on any atom is 0.390 e. The minimum Gasteiger partial charge on any atom is -0.330 e. The average molecular weight is 208 g/mol. The van der Waals surface area contributed by atoms with Crippen LogP contribution in [0.5, 0.6) is 0 Å². The summed E-state index contributed by atoms with van der Waals surface area (Å²) in [5.41, 5.74) is 5.88. The molecule has 0 bridgehead atoms. The van der Waals surface area contributed by atoms with Gasteiger partial charge in [-0.1, -0.05) is 5.21 Å². The van der Waals surface area contributed by atoms with Gasteiger partial charge in [0.1, 0.15) is 0 Å². The molecular formula is C7H11F3N4. The molecule has 0 radical (unpaired) electrons. The number of nitrogens with zero attached hydrogens (tertiary/aromatic N) is 3. The van der Waals surface area contributed by atoms with Gasteiger partial charge in [-0.15, -0.1) is 5.10 Å². The molecule has 14 heavy (non-hydrogen) atoms. The summed E-state index contributed by atoms with van der Waals surface area (Å²) in [5, 5.41) is 7.22. The number of aryl methyl sites for hydroxylation is 1. The van der Waals surface area contributed by atoms with Crippen molar-refractivity contribution in [1.82, 2.24) is 15.0 Å². The number of hydrogen-bond acceptors (Lipinski definition) is 3. The van der Waals surface area contributed by atoms with Gasteiger partial charge in [0.05, 0.1) is 18.7 Å². The molecule has 0 aliphatic rings. The van der Waals surface area contributed by atoms with Crippen molar-refractivity contribution < 1.29 is 13.2 Å². The number of hydrogen-bond donors (Lipinski definition) is 1. The second kappa shape index (κ2) is 4.41. The summed E-state index contributed by atoms with van der Waals surface area (Å²) in [6, 6.07) is 0. The summed E-state index contributed by atoms with van der Waals surface area (Å²) in [5.74, 6) is 0. The third-order valence-electron chi connectivity index (χ3n) is 1.61. The largest absolute Gasteiger partial charge is 0.390 e. The summed E-state index contributed by atoms with van der Waals surface area (Å²) >= 11 is 0. The van der Waals surface area contributed by atoms with Crippen molar-refractivity contribution in [2.24, 2.45) is 5.73 Å². The Balaban J connectivity index is 2.44. The predicted molar refractivity (Wildman–Crippen MR) is 43.5 cm³/mol. The van der Waals surface area contributed by atoms with Gasteiger partial charge in [-0.05, 0) is 6.54 Å². The third kappa shape index (κ3) is 3.73. The molecule has 0 atom stereocenters. The number of rotatable bonds is 4. The van der Waals surface area contributed by atoms with Crippen molar-refractivity contribution in [3.05, 3.63) is 11.9 Å². The standard InChI is InChI=1S/C7H11F3N4/c8-7(9,10)2-4-14-5-6(1-3-11)12-13-14/h5H,1-4,11H2. The molecule has 0 amide bonds. The lowest BCUT2D eigenvalue weighted by molar-refractivity contribution is -0.137. The number of nitrogens with two attached hydrogens (primary N) is 1. The lowest BCUT2D eigenvalue weighted by Crippen LogP contribution is -2.12. The molecule has 1 rings (SSSR count). The van der Waals surface area contributed by atoms with Crippen molar-refractivity contribution >= 4 is 0 Å². The molecule has 80 valence electrons. The zero-order valence-electron chi connectivity index (χ0n) is 7.46. The fraction of sp³-hybridized carbons (Fsp3) is 0.714. The van der Waals surface area contributed by atoms with Crippen LogP contribution in [0.4, 0.5) is 13.2 Å². The zero-order chi connectivity index (χ0) is 10.6. The molecule has 0 saturated heterocycles. The van der Waals surface area contributed by atoms with Gasteiger partial charge in [0.15, 0.2) is 0 Å². The summed E-state index contributed by atoms with van der Waals surface area (Å²) in [6.45, 7) is 0.221. The third-order valence-corrected chi connectivity index (χ3v) is 1.61. The topological polar surface area (TPSA) is 56.7 Å². The van der Waals surface area contributed by atoms with E-state index in [-0.39, 0.29) is 6.54 Å². The zero-order valence-corrected chi connectivity index (χ0v) is 7.46. The molecule has 1 aromatic rings. The van der Waals surface area contributed by atoms with E-state index in [0.29, 0.717) is 18.7 Å². The van der Waals surface area contributed by atoms with Crippen molar-refractivity contribution in [2.75, 3.05) is 6.54 Å². The highest BCUT2D eigenvalue weighted by molar-refractivity contribution is 4.92. The highest BCUT2D eigenvalue weighted by Crippen LogP contribution is 2.19. The van der Waals surface area contributed by atoms with Gasteiger partial charge in [-0.3, -0.25) is 4.68 Å². The molecule has 1 aromatic heterocycles. The van der Waals surface area contributed by atoms with Crippen molar-refractivity contribution in [3.63, 3.8) is 0 Å². The van der Waals surface area contributed by atoms with E-state index in [0.717, 1.165) is 0 Å². The minimum atomic E-state index is -4.15. The van der Waals surface area contributed by atoms with E-state index in [1.807, 2.05) is 0 Å². The van der Waals surface area contributed by atoms with E-state index in [2.05, 4.69) is 10.3 Å². The van der Waals surface area contributed by atoms with Crippen LogP contribution in [0.2, 0.25) is 0 Å². The van der Waals surface area contributed by atoms with Crippen molar-refractivity contribution in [2.45, 2.75) is 25.6 Å². The summed E-state index contributed by atoms with van der Waals surface area (Å²) < 4.78 is 36.6. The molecule has 7 heteroatoms. The summed E-state index contributed by atoms with van der Waals surface area (Å²) in [7, 11) is 0. The second-order valence-corrected chi connectivity index (χ2v) is 2.88. The van der Waals surface area contributed by atoms with E-state index in [4.69, 9.17) is 5.73 Å². The molecular weight excluding hydrogens is 197 g/mol. The van der Waals surface area contributed by atoms with E-state index >= 15 is 0 Å². The normalized spacial score (nSPS) is 12.0. The van der Waals surface area contributed by atoms with Gasteiger partial charge in [-0.25, -0.2) is 0 Å². The van der Waals surface area contributed by atoms with Crippen LogP contribution < -0.4 is 5.73 Å². The molecule has 0 unspecified atom stereocenters. The van der Waals surface area contributed by atoms with Gasteiger partial charge in [0.25, 0.3) is 0 Å². The Hall–Kier alpha value is -1.11. The molecule has 1 heterocycles. The van der Waals surface area contributed by atoms with Gasteiger partial charge >= 0.3 is 6.18 Å². The molecule has 0 fully saturated rings. The molecule has 4 nitrogen and oxygen atoms in total. The van der Waals surface area contributed by atoms with Crippen LogP contribution in [0, 0.1) is 0 Å². The van der Waals surface area contributed by atoms with Crippen LogP contribution in [0.3, 0.4) is 0 Å². The van der Waals surface area contributed by atoms with Crippen molar-refractivity contribution in [1.29, 1.82) is 0 Å². The fourth-order valence-electron chi connectivity index (χ4n) is 0.952. The van der Waals surface area contributed by atoms with Crippen LogP contribution in [-0.2, 0) is 13.0 Å². The van der Waals surface area contributed by atoms with Crippen LogP contribution in [0.1, 0.15) is 12.1 Å². The van der Waals surface area contributed by atoms with Crippen LogP contribution in [-0.4, -0.2) is 27.7 Å².